The Hall–Kier alpha value is -1.50. The maximum Gasteiger partial charge on any atom is 0.185 e. The maximum absolute atomic E-state index is 13.2. The van der Waals surface area contributed by atoms with Crippen LogP contribution in [-0.2, 0) is 13.1 Å². The highest BCUT2D eigenvalue weighted by Crippen LogP contribution is 2.20. The first-order valence-electron chi connectivity index (χ1n) is 7.10. The molecule has 1 aromatic heterocycles. The molecule has 0 unspecified atom stereocenters. The van der Waals surface area contributed by atoms with E-state index in [0.29, 0.717) is 6.54 Å². The summed E-state index contributed by atoms with van der Waals surface area (Å²) in [5.41, 5.74) is 7.74. The van der Waals surface area contributed by atoms with Crippen molar-refractivity contribution in [2.75, 3.05) is 31.1 Å². The van der Waals surface area contributed by atoms with Gasteiger partial charge in [-0.1, -0.05) is 6.07 Å². The molecule has 0 amide bonds. The third kappa shape index (κ3) is 3.40. The van der Waals surface area contributed by atoms with Gasteiger partial charge in [-0.2, -0.15) is 0 Å². The number of anilines is 1. The molecule has 1 aliphatic heterocycles. The summed E-state index contributed by atoms with van der Waals surface area (Å²) < 4.78 is 13.2. The second kappa shape index (κ2) is 6.51. The van der Waals surface area contributed by atoms with Crippen molar-refractivity contribution in [1.82, 2.24) is 9.88 Å². The lowest BCUT2D eigenvalue weighted by molar-refractivity contribution is 0.249. The Morgan fingerprint density at radius 2 is 2.00 bits per heavy atom. The first-order valence-corrected chi connectivity index (χ1v) is 7.98. The lowest BCUT2D eigenvalue weighted by atomic mass is 10.1. The molecule has 1 aliphatic rings. The third-order valence-electron chi connectivity index (χ3n) is 3.84. The van der Waals surface area contributed by atoms with Gasteiger partial charge in [-0.25, -0.2) is 9.37 Å². The molecule has 0 spiro atoms. The molecule has 2 aromatic rings. The lowest BCUT2D eigenvalue weighted by Crippen LogP contribution is -2.46. The van der Waals surface area contributed by atoms with E-state index in [2.05, 4.69) is 14.8 Å². The van der Waals surface area contributed by atoms with Gasteiger partial charge in [0.05, 0.1) is 0 Å². The van der Waals surface area contributed by atoms with E-state index < -0.39 is 0 Å². The van der Waals surface area contributed by atoms with E-state index >= 15 is 0 Å². The standard InChI is InChI=1S/C15H19FN4S/c16-14-2-1-12(13(9-14)10-17)11-19-4-6-20(7-5-19)15-18-3-8-21-15/h1-3,8-9H,4-7,10-11,17H2. The van der Waals surface area contributed by atoms with Crippen molar-refractivity contribution in [3.05, 3.63) is 46.7 Å². The Bertz CT molecular complexity index is 579. The largest absolute Gasteiger partial charge is 0.346 e. The van der Waals surface area contributed by atoms with Crippen LogP contribution < -0.4 is 10.6 Å². The molecular formula is C15H19FN4S. The van der Waals surface area contributed by atoms with Crippen molar-refractivity contribution >= 4 is 16.5 Å². The van der Waals surface area contributed by atoms with Gasteiger partial charge in [0.15, 0.2) is 5.13 Å². The molecule has 4 nitrogen and oxygen atoms in total. The minimum absolute atomic E-state index is 0.215. The van der Waals surface area contributed by atoms with Crippen molar-refractivity contribution in [1.29, 1.82) is 0 Å². The van der Waals surface area contributed by atoms with Gasteiger partial charge in [0.1, 0.15) is 5.82 Å². The molecule has 2 heterocycles. The number of nitrogens with two attached hydrogens (primary N) is 1. The van der Waals surface area contributed by atoms with Gasteiger partial charge in [-0.3, -0.25) is 4.90 Å². The number of halogens is 1. The predicted molar refractivity (Wildman–Crippen MR) is 83.9 cm³/mol. The Morgan fingerprint density at radius 1 is 1.19 bits per heavy atom. The molecule has 2 N–H and O–H groups in total. The fourth-order valence-corrected chi connectivity index (χ4v) is 3.35. The SMILES string of the molecule is NCc1cc(F)ccc1CN1CCN(c2nccs2)CC1. The summed E-state index contributed by atoms with van der Waals surface area (Å²) in [7, 11) is 0. The molecule has 3 rings (SSSR count). The molecular weight excluding hydrogens is 287 g/mol. The molecule has 0 saturated carbocycles. The van der Waals surface area contributed by atoms with E-state index in [1.807, 2.05) is 17.6 Å². The highest BCUT2D eigenvalue weighted by Gasteiger charge is 2.19. The van der Waals surface area contributed by atoms with E-state index in [0.717, 1.165) is 49.0 Å². The summed E-state index contributed by atoms with van der Waals surface area (Å²) >= 11 is 1.68. The van der Waals surface area contributed by atoms with Gasteiger partial charge in [0, 0.05) is 50.8 Å². The Labute approximate surface area is 128 Å². The number of hydrogen-bond acceptors (Lipinski definition) is 5. The van der Waals surface area contributed by atoms with Crippen LogP contribution in [-0.4, -0.2) is 36.1 Å². The molecule has 0 radical (unpaired) electrons. The molecule has 1 saturated heterocycles. The summed E-state index contributed by atoms with van der Waals surface area (Å²) in [6, 6.07) is 4.91. The molecule has 6 heteroatoms. The zero-order valence-corrected chi connectivity index (χ0v) is 12.7. The second-order valence-electron chi connectivity index (χ2n) is 5.20. The van der Waals surface area contributed by atoms with E-state index in [4.69, 9.17) is 5.73 Å². The fraction of sp³-hybridized carbons (Fsp3) is 0.400. The van der Waals surface area contributed by atoms with Crippen molar-refractivity contribution < 1.29 is 4.39 Å². The average molecular weight is 306 g/mol. The van der Waals surface area contributed by atoms with Gasteiger partial charge in [-0.05, 0) is 23.3 Å². The number of nitrogens with zero attached hydrogens (tertiary/aromatic N) is 3. The summed E-state index contributed by atoms with van der Waals surface area (Å²) in [6.45, 7) is 5.14. The number of piperazine rings is 1. The molecule has 0 atom stereocenters. The quantitative estimate of drug-likeness (QED) is 0.939. The van der Waals surface area contributed by atoms with Crippen molar-refractivity contribution in [3.8, 4) is 0 Å². The summed E-state index contributed by atoms with van der Waals surface area (Å²) in [6.07, 6.45) is 1.85. The molecule has 0 aliphatic carbocycles. The smallest absolute Gasteiger partial charge is 0.185 e. The van der Waals surface area contributed by atoms with Crippen LogP contribution in [0.1, 0.15) is 11.1 Å². The van der Waals surface area contributed by atoms with Gasteiger partial charge in [0.25, 0.3) is 0 Å². The minimum Gasteiger partial charge on any atom is -0.346 e. The zero-order chi connectivity index (χ0) is 14.7. The molecule has 0 bridgehead atoms. The summed E-state index contributed by atoms with van der Waals surface area (Å²) in [5, 5.41) is 3.10. The topological polar surface area (TPSA) is 45.4 Å². The van der Waals surface area contributed by atoms with E-state index in [-0.39, 0.29) is 5.82 Å². The van der Waals surface area contributed by atoms with E-state index in [1.165, 1.54) is 6.07 Å². The van der Waals surface area contributed by atoms with Crippen LogP contribution in [0.3, 0.4) is 0 Å². The van der Waals surface area contributed by atoms with Gasteiger partial charge >= 0.3 is 0 Å². The van der Waals surface area contributed by atoms with Crippen LogP contribution in [0.2, 0.25) is 0 Å². The van der Waals surface area contributed by atoms with Gasteiger partial charge in [-0.15, -0.1) is 11.3 Å². The number of hydrogen-bond donors (Lipinski definition) is 1. The monoisotopic (exact) mass is 306 g/mol. The first kappa shape index (κ1) is 14.4. The summed E-state index contributed by atoms with van der Waals surface area (Å²) in [5.74, 6) is -0.215. The van der Waals surface area contributed by atoms with E-state index in [1.54, 1.807) is 17.4 Å². The van der Waals surface area contributed by atoms with Crippen molar-refractivity contribution in [3.63, 3.8) is 0 Å². The normalized spacial score (nSPS) is 16.4. The maximum atomic E-state index is 13.2. The van der Waals surface area contributed by atoms with Crippen LogP contribution in [0.15, 0.2) is 29.8 Å². The van der Waals surface area contributed by atoms with E-state index in [9.17, 15) is 4.39 Å². The number of thiazole rings is 1. The highest BCUT2D eigenvalue weighted by atomic mass is 32.1. The number of rotatable bonds is 4. The second-order valence-corrected chi connectivity index (χ2v) is 6.07. The lowest BCUT2D eigenvalue weighted by Gasteiger charge is -2.34. The zero-order valence-electron chi connectivity index (χ0n) is 11.8. The molecule has 1 aromatic carbocycles. The van der Waals surface area contributed by atoms with Crippen LogP contribution in [0.25, 0.3) is 0 Å². The number of aromatic nitrogens is 1. The number of benzene rings is 1. The summed E-state index contributed by atoms with van der Waals surface area (Å²) in [4.78, 5) is 9.05. The minimum atomic E-state index is -0.215. The molecule has 21 heavy (non-hydrogen) atoms. The van der Waals surface area contributed by atoms with Crippen molar-refractivity contribution in [2.24, 2.45) is 5.73 Å². The third-order valence-corrected chi connectivity index (χ3v) is 4.68. The Balaban J connectivity index is 1.60. The Kier molecular flexibility index (Phi) is 4.48. The fourth-order valence-electron chi connectivity index (χ4n) is 2.65. The highest BCUT2D eigenvalue weighted by molar-refractivity contribution is 7.13. The molecule has 1 fully saturated rings. The average Bonchev–Trinajstić information content (AvgIpc) is 3.04. The van der Waals surface area contributed by atoms with Crippen LogP contribution in [0.5, 0.6) is 0 Å². The Morgan fingerprint density at radius 3 is 2.67 bits per heavy atom. The van der Waals surface area contributed by atoms with Crippen molar-refractivity contribution in [2.45, 2.75) is 13.1 Å². The van der Waals surface area contributed by atoms with Crippen LogP contribution >= 0.6 is 11.3 Å². The first-order chi connectivity index (χ1) is 10.3. The van der Waals surface area contributed by atoms with Crippen LogP contribution in [0.4, 0.5) is 9.52 Å². The predicted octanol–water partition coefficient (Wildman–Crippen LogP) is 2.06. The van der Waals surface area contributed by atoms with Gasteiger partial charge in [0.2, 0.25) is 0 Å². The molecule has 112 valence electrons. The van der Waals surface area contributed by atoms with Crippen LogP contribution in [0, 0.1) is 5.82 Å². The van der Waals surface area contributed by atoms with Gasteiger partial charge < -0.3 is 10.6 Å².